The van der Waals surface area contributed by atoms with Gasteiger partial charge in [0.1, 0.15) is 0 Å². The van der Waals surface area contributed by atoms with Gasteiger partial charge in [-0.05, 0) is 44.9 Å². The van der Waals surface area contributed by atoms with Gasteiger partial charge in [-0.15, -0.1) is 6.58 Å². The molecule has 0 aromatic rings. The Bertz CT molecular complexity index is 197. The highest BCUT2D eigenvalue weighted by Gasteiger charge is 2.30. The number of thioether (sulfide) groups is 1. The Kier molecular flexibility index (Phi) is 8.04. The zero-order valence-corrected chi connectivity index (χ0v) is 12.3. The summed E-state index contributed by atoms with van der Waals surface area (Å²) >= 11 is 2.09. The van der Waals surface area contributed by atoms with Gasteiger partial charge in [-0.25, -0.2) is 0 Å². The summed E-state index contributed by atoms with van der Waals surface area (Å²) < 4.78 is 0.555. The van der Waals surface area contributed by atoms with Gasteiger partial charge in [0.05, 0.1) is 0 Å². The Balaban J connectivity index is 2.05. The van der Waals surface area contributed by atoms with Crippen molar-refractivity contribution < 1.29 is 0 Å². The van der Waals surface area contributed by atoms with Gasteiger partial charge in [0, 0.05) is 11.3 Å². The van der Waals surface area contributed by atoms with E-state index in [0.29, 0.717) is 4.75 Å². The van der Waals surface area contributed by atoms with E-state index in [4.69, 9.17) is 0 Å². The van der Waals surface area contributed by atoms with Gasteiger partial charge in [0.15, 0.2) is 0 Å². The molecule has 100 valence electrons. The number of allylic oxidation sites excluding steroid dienone is 1. The van der Waals surface area contributed by atoms with Gasteiger partial charge in [0.2, 0.25) is 0 Å². The first-order chi connectivity index (χ1) is 8.33. The topological polar surface area (TPSA) is 12.0 Å². The molecular formula is C15H29NS. The van der Waals surface area contributed by atoms with Gasteiger partial charge in [-0.2, -0.15) is 11.8 Å². The van der Waals surface area contributed by atoms with Crippen molar-refractivity contribution in [2.24, 2.45) is 0 Å². The maximum absolute atomic E-state index is 3.76. The maximum Gasteiger partial charge on any atom is 0.0281 e. The molecule has 0 radical (unpaired) electrons. The van der Waals surface area contributed by atoms with Gasteiger partial charge >= 0.3 is 0 Å². The SMILES string of the molecule is C=CCCCCCNCC1(SC)CCCCC1. The predicted octanol–water partition coefficient (Wildman–Crippen LogP) is 4.39. The molecule has 17 heavy (non-hydrogen) atoms. The first kappa shape index (κ1) is 15.1. The molecule has 1 N–H and O–H groups in total. The lowest BCUT2D eigenvalue weighted by Crippen LogP contribution is -2.39. The third kappa shape index (κ3) is 5.96. The van der Waals surface area contributed by atoms with Crippen LogP contribution in [0.2, 0.25) is 0 Å². The fourth-order valence-corrected chi connectivity index (χ4v) is 3.62. The van der Waals surface area contributed by atoms with Crippen LogP contribution in [0.1, 0.15) is 57.8 Å². The summed E-state index contributed by atoms with van der Waals surface area (Å²) in [5.74, 6) is 0. The molecule has 0 aliphatic heterocycles. The lowest BCUT2D eigenvalue weighted by atomic mass is 9.88. The van der Waals surface area contributed by atoms with E-state index >= 15 is 0 Å². The van der Waals surface area contributed by atoms with E-state index in [1.165, 1.54) is 70.9 Å². The summed E-state index contributed by atoms with van der Waals surface area (Å²) in [6.07, 6.45) is 16.6. The molecule has 1 aliphatic carbocycles. The second kappa shape index (κ2) is 9.04. The molecule has 0 bridgehead atoms. The standard InChI is InChI=1S/C15H29NS/c1-3-4-5-6-10-13-16-14-15(17-2)11-8-7-9-12-15/h3,16H,1,4-14H2,2H3. The predicted molar refractivity (Wildman–Crippen MR) is 80.9 cm³/mol. The molecule has 1 fully saturated rings. The summed E-state index contributed by atoms with van der Waals surface area (Å²) in [6.45, 7) is 6.17. The van der Waals surface area contributed by atoms with E-state index in [1.807, 2.05) is 6.08 Å². The molecule has 2 heteroatoms. The van der Waals surface area contributed by atoms with Crippen molar-refractivity contribution in [1.29, 1.82) is 0 Å². The Hall–Kier alpha value is 0.0500. The van der Waals surface area contributed by atoms with Crippen LogP contribution in [0.15, 0.2) is 12.7 Å². The second-order valence-electron chi connectivity index (χ2n) is 5.26. The number of hydrogen-bond acceptors (Lipinski definition) is 2. The molecule has 0 aromatic heterocycles. The Morgan fingerprint density at radius 3 is 2.59 bits per heavy atom. The monoisotopic (exact) mass is 255 g/mol. The van der Waals surface area contributed by atoms with Crippen LogP contribution in [-0.2, 0) is 0 Å². The third-order valence-electron chi connectivity index (χ3n) is 3.91. The Labute approximate surface area is 112 Å². The summed E-state index contributed by atoms with van der Waals surface area (Å²) in [5, 5.41) is 3.68. The number of nitrogens with one attached hydrogen (secondary N) is 1. The molecule has 0 aromatic carbocycles. The molecule has 1 rings (SSSR count). The highest BCUT2D eigenvalue weighted by molar-refractivity contribution is 8.00. The minimum atomic E-state index is 0.555. The molecule has 0 amide bonds. The van der Waals surface area contributed by atoms with Crippen molar-refractivity contribution >= 4 is 11.8 Å². The average molecular weight is 255 g/mol. The first-order valence-electron chi connectivity index (χ1n) is 7.20. The molecule has 0 unspecified atom stereocenters. The molecule has 0 atom stereocenters. The minimum absolute atomic E-state index is 0.555. The zero-order valence-electron chi connectivity index (χ0n) is 11.5. The van der Waals surface area contributed by atoms with Crippen LogP contribution in [0.4, 0.5) is 0 Å². The van der Waals surface area contributed by atoms with Gasteiger partial charge < -0.3 is 5.32 Å². The van der Waals surface area contributed by atoms with E-state index in [-0.39, 0.29) is 0 Å². The number of rotatable bonds is 9. The van der Waals surface area contributed by atoms with Crippen LogP contribution in [0.3, 0.4) is 0 Å². The summed E-state index contributed by atoms with van der Waals surface area (Å²) in [5.41, 5.74) is 0. The van der Waals surface area contributed by atoms with Crippen LogP contribution >= 0.6 is 11.8 Å². The number of hydrogen-bond donors (Lipinski definition) is 1. The van der Waals surface area contributed by atoms with Crippen molar-refractivity contribution in [2.75, 3.05) is 19.3 Å². The van der Waals surface area contributed by atoms with Crippen LogP contribution in [-0.4, -0.2) is 24.1 Å². The molecule has 1 saturated carbocycles. The smallest absolute Gasteiger partial charge is 0.0281 e. The van der Waals surface area contributed by atoms with Crippen molar-refractivity contribution in [3.05, 3.63) is 12.7 Å². The van der Waals surface area contributed by atoms with E-state index in [1.54, 1.807) is 0 Å². The van der Waals surface area contributed by atoms with E-state index in [0.717, 1.165) is 0 Å². The van der Waals surface area contributed by atoms with Crippen molar-refractivity contribution in [3.63, 3.8) is 0 Å². The first-order valence-corrected chi connectivity index (χ1v) is 8.42. The normalized spacial score (nSPS) is 19.1. The molecule has 1 aliphatic rings. The van der Waals surface area contributed by atoms with E-state index in [2.05, 4.69) is 29.9 Å². The van der Waals surface area contributed by atoms with Crippen LogP contribution in [0.5, 0.6) is 0 Å². The highest BCUT2D eigenvalue weighted by Crippen LogP contribution is 2.37. The average Bonchev–Trinajstić information content (AvgIpc) is 2.39. The molecular weight excluding hydrogens is 226 g/mol. The second-order valence-corrected chi connectivity index (χ2v) is 6.54. The zero-order chi connectivity index (χ0) is 12.4. The molecule has 1 nitrogen and oxygen atoms in total. The van der Waals surface area contributed by atoms with Gasteiger partial charge in [-0.3, -0.25) is 0 Å². The molecule has 0 heterocycles. The Morgan fingerprint density at radius 2 is 1.94 bits per heavy atom. The highest BCUT2D eigenvalue weighted by atomic mass is 32.2. The van der Waals surface area contributed by atoms with Crippen molar-refractivity contribution in [3.8, 4) is 0 Å². The van der Waals surface area contributed by atoms with E-state index < -0.39 is 0 Å². The maximum atomic E-state index is 3.76. The van der Waals surface area contributed by atoms with Crippen molar-refractivity contribution in [1.82, 2.24) is 5.32 Å². The van der Waals surface area contributed by atoms with Crippen LogP contribution in [0, 0.1) is 0 Å². The minimum Gasteiger partial charge on any atom is -0.315 e. The van der Waals surface area contributed by atoms with Crippen LogP contribution in [0.25, 0.3) is 0 Å². The molecule has 0 spiro atoms. The number of unbranched alkanes of at least 4 members (excludes halogenated alkanes) is 3. The third-order valence-corrected chi connectivity index (χ3v) is 5.33. The fourth-order valence-electron chi connectivity index (χ4n) is 2.68. The lowest BCUT2D eigenvalue weighted by molar-refractivity contribution is 0.378. The summed E-state index contributed by atoms with van der Waals surface area (Å²) in [7, 11) is 0. The summed E-state index contributed by atoms with van der Waals surface area (Å²) in [4.78, 5) is 0. The van der Waals surface area contributed by atoms with E-state index in [9.17, 15) is 0 Å². The molecule has 0 saturated heterocycles. The van der Waals surface area contributed by atoms with Crippen molar-refractivity contribution in [2.45, 2.75) is 62.5 Å². The van der Waals surface area contributed by atoms with Gasteiger partial charge in [-0.1, -0.05) is 31.8 Å². The lowest BCUT2D eigenvalue weighted by Gasteiger charge is -2.36. The Morgan fingerprint density at radius 1 is 1.18 bits per heavy atom. The summed E-state index contributed by atoms with van der Waals surface area (Å²) in [6, 6.07) is 0. The van der Waals surface area contributed by atoms with Crippen LogP contribution < -0.4 is 5.32 Å². The fraction of sp³-hybridized carbons (Fsp3) is 0.867. The largest absolute Gasteiger partial charge is 0.315 e. The quantitative estimate of drug-likeness (QED) is 0.484. The van der Waals surface area contributed by atoms with Gasteiger partial charge in [0.25, 0.3) is 0 Å².